The third-order valence-corrected chi connectivity index (χ3v) is 4.26. The van der Waals surface area contributed by atoms with Crippen LogP contribution in [-0.4, -0.2) is 0 Å². The maximum absolute atomic E-state index is 3.49. The summed E-state index contributed by atoms with van der Waals surface area (Å²) in [4.78, 5) is 0. The van der Waals surface area contributed by atoms with Crippen LogP contribution in [0.15, 0.2) is 84.9 Å². The normalized spacial score (nSPS) is 10.2. The summed E-state index contributed by atoms with van der Waals surface area (Å²) < 4.78 is 0. The number of halogens is 1. The molecule has 0 aromatic heterocycles. The maximum Gasteiger partial charge on any atom is 0.0283 e. The summed E-state index contributed by atoms with van der Waals surface area (Å²) in [6, 6.07) is 29.7. The third kappa shape index (κ3) is 3.55. The van der Waals surface area contributed by atoms with Crippen molar-refractivity contribution in [2.24, 2.45) is 0 Å². The molecule has 0 amide bonds. The van der Waals surface area contributed by atoms with Gasteiger partial charge in [0.25, 0.3) is 0 Å². The fourth-order valence-corrected chi connectivity index (χ4v) is 2.81. The molecule has 0 atom stereocenters. The molecule has 0 saturated heterocycles. The van der Waals surface area contributed by atoms with Gasteiger partial charge in [0.2, 0.25) is 0 Å². The molecule has 0 aliphatic rings. The van der Waals surface area contributed by atoms with Gasteiger partial charge in [-0.15, -0.1) is 0 Å². The summed E-state index contributed by atoms with van der Waals surface area (Å²) in [6.45, 7) is 0. The van der Waals surface area contributed by atoms with Crippen molar-refractivity contribution in [3.63, 3.8) is 0 Å². The fraction of sp³-hybridized carbons (Fsp3) is 0.0476. The molecule has 108 valence electrons. The van der Waals surface area contributed by atoms with Crippen molar-refractivity contribution in [2.75, 3.05) is 0 Å². The number of alkyl halides is 1. The lowest BCUT2D eigenvalue weighted by Crippen LogP contribution is -1.88. The van der Waals surface area contributed by atoms with Crippen molar-refractivity contribution in [1.29, 1.82) is 0 Å². The van der Waals surface area contributed by atoms with Crippen molar-refractivity contribution in [2.45, 2.75) is 5.33 Å². The van der Waals surface area contributed by atoms with Crippen LogP contribution in [0.4, 0.5) is 0 Å². The quantitative estimate of drug-likeness (QED) is 0.390. The van der Waals surface area contributed by atoms with E-state index in [1.807, 2.05) is 0 Å². The van der Waals surface area contributed by atoms with Crippen LogP contribution >= 0.6 is 15.9 Å². The van der Waals surface area contributed by atoms with Gasteiger partial charge in [-0.1, -0.05) is 101 Å². The van der Waals surface area contributed by atoms with Gasteiger partial charge in [0.05, 0.1) is 0 Å². The SMILES string of the molecule is BrCc1ccc(C=C(c2ccccc2)c2ccccc2)cc1. The van der Waals surface area contributed by atoms with Crippen LogP contribution < -0.4 is 0 Å². The predicted molar refractivity (Wildman–Crippen MR) is 98.9 cm³/mol. The van der Waals surface area contributed by atoms with Crippen LogP contribution in [0.2, 0.25) is 0 Å². The molecule has 3 aromatic carbocycles. The molecule has 0 aliphatic heterocycles. The highest BCUT2D eigenvalue weighted by atomic mass is 79.9. The van der Waals surface area contributed by atoms with E-state index < -0.39 is 0 Å². The number of hydrogen-bond acceptors (Lipinski definition) is 0. The first-order valence-corrected chi connectivity index (χ1v) is 8.46. The Morgan fingerprint density at radius 3 is 1.64 bits per heavy atom. The van der Waals surface area contributed by atoms with Gasteiger partial charge in [-0.3, -0.25) is 0 Å². The van der Waals surface area contributed by atoms with Crippen LogP contribution in [0.1, 0.15) is 22.3 Å². The molecule has 0 bridgehead atoms. The van der Waals surface area contributed by atoms with E-state index in [1.54, 1.807) is 0 Å². The van der Waals surface area contributed by atoms with Gasteiger partial charge in [0.1, 0.15) is 0 Å². The van der Waals surface area contributed by atoms with E-state index in [1.165, 1.54) is 27.8 Å². The van der Waals surface area contributed by atoms with Gasteiger partial charge < -0.3 is 0 Å². The minimum absolute atomic E-state index is 0.890. The summed E-state index contributed by atoms with van der Waals surface area (Å²) in [5.41, 5.74) is 6.22. The molecular weight excluding hydrogens is 332 g/mol. The van der Waals surface area contributed by atoms with Crippen LogP contribution in [-0.2, 0) is 5.33 Å². The Balaban J connectivity index is 2.06. The molecule has 0 heterocycles. The van der Waals surface area contributed by atoms with E-state index in [0.717, 1.165) is 5.33 Å². The number of rotatable bonds is 4. The molecule has 0 N–H and O–H groups in total. The van der Waals surface area contributed by atoms with E-state index in [-0.39, 0.29) is 0 Å². The second-order valence-electron chi connectivity index (χ2n) is 5.17. The first kappa shape index (κ1) is 14.8. The van der Waals surface area contributed by atoms with Gasteiger partial charge in [0, 0.05) is 5.33 Å². The Bertz CT molecular complexity index is 699. The Morgan fingerprint density at radius 2 is 1.18 bits per heavy atom. The Hall–Kier alpha value is -2.12. The Kier molecular flexibility index (Phi) is 4.87. The Morgan fingerprint density at radius 1 is 0.682 bits per heavy atom. The lowest BCUT2D eigenvalue weighted by atomic mass is 9.95. The predicted octanol–water partition coefficient (Wildman–Crippen LogP) is 6.17. The minimum atomic E-state index is 0.890. The molecule has 0 aliphatic carbocycles. The second kappa shape index (κ2) is 7.24. The molecule has 0 saturated carbocycles. The smallest absolute Gasteiger partial charge is 0.0283 e. The minimum Gasteiger partial charge on any atom is -0.0876 e. The van der Waals surface area contributed by atoms with Crippen molar-refractivity contribution < 1.29 is 0 Å². The molecular formula is C21H17Br. The molecule has 22 heavy (non-hydrogen) atoms. The molecule has 3 aromatic rings. The topological polar surface area (TPSA) is 0 Å². The van der Waals surface area contributed by atoms with Crippen LogP contribution in [0.5, 0.6) is 0 Å². The van der Waals surface area contributed by atoms with Gasteiger partial charge in [-0.05, 0) is 33.9 Å². The lowest BCUT2D eigenvalue weighted by Gasteiger charge is -2.09. The highest BCUT2D eigenvalue weighted by molar-refractivity contribution is 9.08. The molecule has 0 fully saturated rings. The van der Waals surface area contributed by atoms with E-state index in [0.29, 0.717) is 0 Å². The zero-order chi connectivity index (χ0) is 15.2. The van der Waals surface area contributed by atoms with E-state index in [9.17, 15) is 0 Å². The number of benzene rings is 3. The van der Waals surface area contributed by atoms with Gasteiger partial charge in [0.15, 0.2) is 0 Å². The van der Waals surface area contributed by atoms with Gasteiger partial charge in [-0.25, -0.2) is 0 Å². The molecule has 0 unspecified atom stereocenters. The van der Waals surface area contributed by atoms with Crippen LogP contribution in [0, 0.1) is 0 Å². The first-order chi connectivity index (χ1) is 10.9. The lowest BCUT2D eigenvalue weighted by molar-refractivity contribution is 1.43. The highest BCUT2D eigenvalue weighted by Crippen LogP contribution is 2.26. The van der Waals surface area contributed by atoms with E-state index >= 15 is 0 Å². The summed E-state index contributed by atoms with van der Waals surface area (Å²) in [7, 11) is 0. The van der Waals surface area contributed by atoms with Crippen molar-refractivity contribution in [3.05, 3.63) is 107 Å². The second-order valence-corrected chi connectivity index (χ2v) is 5.73. The van der Waals surface area contributed by atoms with Crippen molar-refractivity contribution in [1.82, 2.24) is 0 Å². The molecule has 0 spiro atoms. The van der Waals surface area contributed by atoms with E-state index in [4.69, 9.17) is 0 Å². The summed E-state index contributed by atoms with van der Waals surface area (Å²) >= 11 is 3.49. The van der Waals surface area contributed by atoms with Crippen molar-refractivity contribution >= 4 is 27.6 Å². The average Bonchev–Trinajstić information content (AvgIpc) is 2.62. The largest absolute Gasteiger partial charge is 0.0876 e. The highest BCUT2D eigenvalue weighted by Gasteiger charge is 2.04. The van der Waals surface area contributed by atoms with E-state index in [2.05, 4.69) is 107 Å². The third-order valence-electron chi connectivity index (χ3n) is 3.61. The maximum atomic E-state index is 3.49. The van der Waals surface area contributed by atoms with Gasteiger partial charge >= 0.3 is 0 Å². The van der Waals surface area contributed by atoms with Crippen LogP contribution in [0.25, 0.3) is 11.6 Å². The van der Waals surface area contributed by atoms with Crippen molar-refractivity contribution in [3.8, 4) is 0 Å². The molecule has 3 rings (SSSR count). The Labute approximate surface area is 140 Å². The first-order valence-electron chi connectivity index (χ1n) is 7.34. The zero-order valence-corrected chi connectivity index (χ0v) is 13.8. The van der Waals surface area contributed by atoms with Crippen LogP contribution in [0.3, 0.4) is 0 Å². The zero-order valence-electron chi connectivity index (χ0n) is 12.2. The monoisotopic (exact) mass is 348 g/mol. The van der Waals surface area contributed by atoms with Gasteiger partial charge in [-0.2, -0.15) is 0 Å². The summed E-state index contributed by atoms with van der Waals surface area (Å²) in [6.07, 6.45) is 2.25. The number of hydrogen-bond donors (Lipinski definition) is 0. The average molecular weight is 349 g/mol. The molecule has 1 heteroatoms. The molecule has 0 nitrogen and oxygen atoms in total. The summed E-state index contributed by atoms with van der Waals surface area (Å²) in [5.74, 6) is 0. The summed E-state index contributed by atoms with van der Waals surface area (Å²) in [5, 5.41) is 0.890. The fourth-order valence-electron chi connectivity index (χ4n) is 2.44. The molecule has 0 radical (unpaired) electrons. The standard InChI is InChI=1S/C21H17Br/c22-16-18-13-11-17(12-14-18)15-21(19-7-3-1-4-8-19)20-9-5-2-6-10-20/h1-15H,16H2.